The van der Waals surface area contributed by atoms with Crippen LogP contribution < -0.4 is 5.32 Å². The van der Waals surface area contributed by atoms with Gasteiger partial charge in [0, 0.05) is 23.2 Å². The number of hydrogen-bond donors (Lipinski definition) is 1. The molecule has 8 heteroatoms. The van der Waals surface area contributed by atoms with Crippen molar-refractivity contribution in [1.82, 2.24) is 10.2 Å². The molecule has 1 aliphatic carbocycles. The van der Waals surface area contributed by atoms with E-state index in [2.05, 4.69) is 5.32 Å². The molecule has 1 atom stereocenters. The maximum absolute atomic E-state index is 14.3. The van der Waals surface area contributed by atoms with Gasteiger partial charge >= 0.3 is 0 Å². The van der Waals surface area contributed by atoms with Crippen molar-refractivity contribution in [3.63, 3.8) is 0 Å². The highest BCUT2D eigenvalue weighted by molar-refractivity contribution is 6.42. The Hall–Kier alpha value is -1.82. The van der Waals surface area contributed by atoms with Gasteiger partial charge in [0.05, 0.1) is 16.5 Å². The van der Waals surface area contributed by atoms with Gasteiger partial charge in [-0.25, -0.2) is 4.39 Å². The fourth-order valence-electron chi connectivity index (χ4n) is 4.08. The molecule has 0 radical (unpaired) electrons. The Morgan fingerprint density at radius 2 is 1.81 bits per heavy atom. The highest BCUT2D eigenvalue weighted by atomic mass is 35.5. The molecule has 0 bridgehead atoms. The molecule has 1 saturated carbocycles. The molecule has 32 heavy (non-hydrogen) atoms. The smallest absolute Gasteiger partial charge is 0.243 e. The normalized spacial score (nSPS) is 14.9. The molecule has 0 unspecified atom stereocenters. The zero-order chi connectivity index (χ0) is 23.3. The van der Waals surface area contributed by atoms with E-state index in [0.29, 0.717) is 16.5 Å². The van der Waals surface area contributed by atoms with E-state index in [-0.39, 0.29) is 35.5 Å². The van der Waals surface area contributed by atoms with Gasteiger partial charge in [-0.1, -0.05) is 66.7 Å². The highest BCUT2D eigenvalue weighted by Crippen LogP contribution is 2.26. The second-order valence-electron chi connectivity index (χ2n) is 8.06. The van der Waals surface area contributed by atoms with E-state index >= 15 is 0 Å². The van der Waals surface area contributed by atoms with Gasteiger partial charge in [0.25, 0.3) is 0 Å². The Labute approximate surface area is 203 Å². The zero-order valence-electron chi connectivity index (χ0n) is 17.8. The van der Waals surface area contributed by atoms with Crippen LogP contribution in [0.5, 0.6) is 0 Å². The minimum atomic E-state index is -0.705. The number of benzene rings is 2. The monoisotopic (exact) mass is 498 g/mol. The van der Waals surface area contributed by atoms with Crippen molar-refractivity contribution in [3.05, 3.63) is 68.4 Å². The summed E-state index contributed by atoms with van der Waals surface area (Å²) in [6.45, 7) is 1.99. The van der Waals surface area contributed by atoms with E-state index in [0.717, 1.165) is 31.2 Å². The molecular formula is C24H26Cl3FN2O2. The van der Waals surface area contributed by atoms with Crippen LogP contribution in [0, 0.1) is 5.82 Å². The van der Waals surface area contributed by atoms with Crippen LogP contribution in [0.1, 0.15) is 50.2 Å². The van der Waals surface area contributed by atoms with Crippen LogP contribution in [0.3, 0.4) is 0 Å². The molecule has 3 rings (SSSR count). The average Bonchev–Trinajstić information content (AvgIpc) is 3.26. The number of rotatable bonds is 8. The van der Waals surface area contributed by atoms with Gasteiger partial charge < -0.3 is 10.2 Å². The Balaban J connectivity index is 1.88. The third-order valence-corrected chi connectivity index (χ3v) is 6.91. The summed E-state index contributed by atoms with van der Waals surface area (Å²) in [6, 6.07) is 8.79. The lowest BCUT2D eigenvalue weighted by atomic mass is 10.1. The fourth-order valence-corrected chi connectivity index (χ4v) is 4.63. The number of nitrogens with one attached hydrogen (secondary N) is 1. The van der Waals surface area contributed by atoms with E-state index in [1.807, 2.05) is 6.92 Å². The molecule has 0 saturated heterocycles. The molecular weight excluding hydrogens is 474 g/mol. The first-order valence-electron chi connectivity index (χ1n) is 10.8. The molecule has 2 aromatic carbocycles. The van der Waals surface area contributed by atoms with Crippen molar-refractivity contribution in [2.45, 2.75) is 64.1 Å². The van der Waals surface area contributed by atoms with Crippen LogP contribution in [0.15, 0.2) is 36.4 Å². The van der Waals surface area contributed by atoms with Crippen LogP contribution in [0.2, 0.25) is 15.1 Å². The van der Waals surface area contributed by atoms with Crippen LogP contribution in [0.25, 0.3) is 0 Å². The summed E-state index contributed by atoms with van der Waals surface area (Å²) >= 11 is 18.3. The Morgan fingerprint density at radius 3 is 2.44 bits per heavy atom. The van der Waals surface area contributed by atoms with Gasteiger partial charge in [0.15, 0.2) is 0 Å². The highest BCUT2D eigenvalue weighted by Gasteiger charge is 2.31. The second kappa shape index (κ2) is 11.4. The van der Waals surface area contributed by atoms with Crippen molar-refractivity contribution in [2.24, 2.45) is 0 Å². The minimum Gasteiger partial charge on any atom is -0.352 e. The predicted octanol–water partition coefficient (Wildman–Crippen LogP) is 6.19. The van der Waals surface area contributed by atoms with Gasteiger partial charge in [-0.2, -0.15) is 0 Å². The largest absolute Gasteiger partial charge is 0.352 e. The molecule has 2 amide bonds. The van der Waals surface area contributed by atoms with E-state index < -0.39 is 17.8 Å². The van der Waals surface area contributed by atoms with Gasteiger partial charge in [-0.15, -0.1) is 0 Å². The van der Waals surface area contributed by atoms with Crippen LogP contribution in [0.4, 0.5) is 4.39 Å². The maximum Gasteiger partial charge on any atom is 0.243 e. The van der Waals surface area contributed by atoms with Crippen molar-refractivity contribution < 1.29 is 14.0 Å². The first-order valence-corrected chi connectivity index (χ1v) is 11.9. The summed E-state index contributed by atoms with van der Waals surface area (Å²) in [5.74, 6) is -1.15. The van der Waals surface area contributed by atoms with Crippen molar-refractivity contribution >= 4 is 46.6 Å². The van der Waals surface area contributed by atoms with Crippen LogP contribution in [-0.4, -0.2) is 28.8 Å². The summed E-state index contributed by atoms with van der Waals surface area (Å²) in [6.07, 6.45) is 4.21. The Morgan fingerprint density at radius 1 is 1.09 bits per heavy atom. The summed E-state index contributed by atoms with van der Waals surface area (Å²) in [5.41, 5.74) is 0.837. The van der Waals surface area contributed by atoms with Crippen molar-refractivity contribution in [3.8, 4) is 0 Å². The van der Waals surface area contributed by atoms with Crippen molar-refractivity contribution in [2.75, 3.05) is 0 Å². The molecule has 1 aliphatic rings. The van der Waals surface area contributed by atoms with Crippen molar-refractivity contribution in [1.29, 1.82) is 0 Å². The minimum absolute atomic E-state index is 0.115. The molecule has 172 valence electrons. The van der Waals surface area contributed by atoms with Crippen LogP contribution in [-0.2, 0) is 22.6 Å². The summed E-state index contributed by atoms with van der Waals surface area (Å²) in [5, 5.41) is 4.01. The molecule has 0 aromatic heterocycles. The first-order chi connectivity index (χ1) is 15.3. The van der Waals surface area contributed by atoms with E-state index in [1.54, 1.807) is 24.3 Å². The van der Waals surface area contributed by atoms with Gasteiger partial charge in [-0.3, -0.25) is 9.59 Å². The third-order valence-electron chi connectivity index (χ3n) is 5.81. The maximum atomic E-state index is 14.3. The lowest BCUT2D eigenvalue weighted by molar-refractivity contribution is -0.141. The second-order valence-corrected chi connectivity index (χ2v) is 9.28. The van der Waals surface area contributed by atoms with Gasteiger partial charge in [0.2, 0.25) is 11.8 Å². The molecule has 4 nitrogen and oxygen atoms in total. The number of carbonyl (C=O) groups is 2. The predicted molar refractivity (Wildman–Crippen MR) is 127 cm³/mol. The third kappa shape index (κ3) is 6.15. The Kier molecular flexibility index (Phi) is 8.80. The lowest BCUT2D eigenvalue weighted by Crippen LogP contribution is -2.51. The summed E-state index contributed by atoms with van der Waals surface area (Å²) < 4.78 is 14.3. The fraction of sp³-hybridized carbons (Fsp3) is 0.417. The average molecular weight is 500 g/mol. The number of halogens is 4. The molecule has 0 heterocycles. The molecule has 2 aromatic rings. The number of amides is 2. The SMILES string of the molecule is CC[C@@H](C(=O)NC1CCCC1)N(Cc1ccc(Cl)c(Cl)c1)C(=O)Cc1c(F)cccc1Cl. The molecule has 1 N–H and O–H groups in total. The zero-order valence-corrected chi connectivity index (χ0v) is 20.1. The number of nitrogens with zero attached hydrogens (tertiary/aromatic N) is 1. The molecule has 0 aliphatic heterocycles. The molecule has 0 spiro atoms. The summed E-state index contributed by atoms with van der Waals surface area (Å²) in [4.78, 5) is 28.0. The lowest BCUT2D eigenvalue weighted by Gasteiger charge is -2.32. The van der Waals surface area contributed by atoms with Gasteiger partial charge in [0.1, 0.15) is 11.9 Å². The van der Waals surface area contributed by atoms with Gasteiger partial charge in [-0.05, 0) is 49.1 Å². The van der Waals surface area contributed by atoms with E-state index in [1.165, 1.54) is 17.0 Å². The quantitative estimate of drug-likeness (QED) is 0.470. The van der Waals surface area contributed by atoms with Crippen LogP contribution >= 0.6 is 34.8 Å². The van der Waals surface area contributed by atoms with E-state index in [9.17, 15) is 14.0 Å². The first kappa shape index (κ1) is 24.8. The Bertz CT molecular complexity index is 959. The standard InChI is InChI=1S/C24H26Cl3FN2O2/c1-2-22(24(32)29-16-6-3-4-7-16)30(14-15-10-11-19(26)20(27)12-15)23(31)13-17-18(25)8-5-9-21(17)28/h5,8-12,16,22H,2-4,6-7,13-14H2,1H3,(H,29,32)/t22-/m0/s1. The number of carbonyl (C=O) groups excluding carboxylic acids is 2. The van der Waals surface area contributed by atoms with E-state index in [4.69, 9.17) is 34.8 Å². The summed E-state index contributed by atoms with van der Waals surface area (Å²) in [7, 11) is 0. The topological polar surface area (TPSA) is 49.4 Å². The molecule has 1 fully saturated rings. The number of hydrogen-bond acceptors (Lipinski definition) is 2.